The fraction of sp³-hybridized carbons (Fsp3) is 0.615. The van der Waals surface area contributed by atoms with Crippen LogP contribution in [0.25, 0.3) is 0 Å². The SMILES string of the molecule is C=CCCC(CC)NCCCn1cccn1. The highest BCUT2D eigenvalue weighted by Gasteiger charge is 2.03. The largest absolute Gasteiger partial charge is 0.314 e. The monoisotopic (exact) mass is 221 g/mol. The van der Waals surface area contributed by atoms with Crippen molar-refractivity contribution in [1.82, 2.24) is 15.1 Å². The lowest BCUT2D eigenvalue weighted by molar-refractivity contribution is 0.448. The van der Waals surface area contributed by atoms with Crippen molar-refractivity contribution in [3.8, 4) is 0 Å². The molecule has 0 fully saturated rings. The molecule has 1 atom stereocenters. The van der Waals surface area contributed by atoms with Gasteiger partial charge in [-0.3, -0.25) is 4.68 Å². The number of aromatic nitrogens is 2. The number of hydrogen-bond acceptors (Lipinski definition) is 2. The highest BCUT2D eigenvalue weighted by molar-refractivity contribution is 4.77. The Morgan fingerprint density at radius 3 is 3.06 bits per heavy atom. The average Bonchev–Trinajstić information content (AvgIpc) is 2.81. The van der Waals surface area contributed by atoms with Crippen LogP contribution < -0.4 is 5.32 Å². The van der Waals surface area contributed by atoms with Crippen molar-refractivity contribution in [2.24, 2.45) is 0 Å². The van der Waals surface area contributed by atoms with E-state index in [1.165, 1.54) is 12.8 Å². The molecule has 3 nitrogen and oxygen atoms in total. The highest BCUT2D eigenvalue weighted by Crippen LogP contribution is 2.02. The molecule has 0 spiro atoms. The van der Waals surface area contributed by atoms with E-state index in [0.717, 1.165) is 25.9 Å². The van der Waals surface area contributed by atoms with Crippen LogP contribution in [0.1, 0.15) is 32.6 Å². The van der Waals surface area contributed by atoms with Gasteiger partial charge in [-0.25, -0.2) is 0 Å². The van der Waals surface area contributed by atoms with Gasteiger partial charge in [-0.15, -0.1) is 6.58 Å². The maximum atomic E-state index is 4.18. The van der Waals surface area contributed by atoms with Crippen LogP contribution in [0.4, 0.5) is 0 Å². The topological polar surface area (TPSA) is 29.9 Å². The summed E-state index contributed by atoms with van der Waals surface area (Å²) in [4.78, 5) is 0. The lowest BCUT2D eigenvalue weighted by Crippen LogP contribution is -2.29. The number of nitrogens with one attached hydrogen (secondary N) is 1. The second-order valence-corrected chi connectivity index (χ2v) is 4.05. The van der Waals surface area contributed by atoms with E-state index < -0.39 is 0 Å². The van der Waals surface area contributed by atoms with Crippen molar-refractivity contribution in [3.05, 3.63) is 31.1 Å². The standard InChI is InChI=1S/C13H23N3/c1-3-5-8-13(4-2)14-9-6-11-16-12-7-10-15-16/h3,7,10,12-14H,1,4-6,8-9,11H2,2H3. The average molecular weight is 221 g/mol. The van der Waals surface area contributed by atoms with E-state index in [1.54, 1.807) is 0 Å². The lowest BCUT2D eigenvalue weighted by atomic mass is 10.1. The van der Waals surface area contributed by atoms with Gasteiger partial charge >= 0.3 is 0 Å². The van der Waals surface area contributed by atoms with Gasteiger partial charge in [0.15, 0.2) is 0 Å². The molecule has 0 saturated heterocycles. The van der Waals surface area contributed by atoms with Crippen molar-refractivity contribution in [3.63, 3.8) is 0 Å². The molecule has 0 aliphatic heterocycles. The van der Waals surface area contributed by atoms with Gasteiger partial charge in [0, 0.05) is 25.0 Å². The quantitative estimate of drug-likeness (QED) is 0.513. The molecule has 1 aromatic rings. The molecule has 16 heavy (non-hydrogen) atoms. The van der Waals surface area contributed by atoms with Crippen LogP contribution in [0.5, 0.6) is 0 Å². The molecule has 0 amide bonds. The minimum absolute atomic E-state index is 0.635. The van der Waals surface area contributed by atoms with Crippen LogP contribution in [0.2, 0.25) is 0 Å². The van der Waals surface area contributed by atoms with Crippen molar-refractivity contribution in [2.75, 3.05) is 6.54 Å². The van der Waals surface area contributed by atoms with Crippen LogP contribution in [-0.2, 0) is 6.54 Å². The Labute approximate surface area is 98.5 Å². The molecule has 1 aromatic heterocycles. The van der Waals surface area contributed by atoms with Crippen LogP contribution in [0, 0.1) is 0 Å². The van der Waals surface area contributed by atoms with Crippen molar-refractivity contribution >= 4 is 0 Å². The maximum Gasteiger partial charge on any atom is 0.0489 e. The van der Waals surface area contributed by atoms with Crippen molar-refractivity contribution in [2.45, 2.75) is 45.2 Å². The smallest absolute Gasteiger partial charge is 0.0489 e. The second kappa shape index (κ2) is 8.11. The third-order valence-electron chi connectivity index (χ3n) is 2.77. The third kappa shape index (κ3) is 5.12. The Hall–Kier alpha value is -1.09. The molecular weight excluding hydrogens is 198 g/mol. The van der Waals surface area contributed by atoms with E-state index in [1.807, 2.05) is 29.2 Å². The first kappa shape index (κ1) is 13.0. The summed E-state index contributed by atoms with van der Waals surface area (Å²) >= 11 is 0. The number of aryl methyl sites for hydroxylation is 1. The molecule has 0 aromatic carbocycles. The van der Waals surface area contributed by atoms with Gasteiger partial charge in [0.2, 0.25) is 0 Å². The normalized spacial score (nSPS) is 12.6. The van der Waals surface area contributed by atoms with Crippen molar-refractivity contribution in [1.29, 1.82) is 0 Å². The van der Waals surface area contributed by atoms with Crippen molar-refractivity contribution < 1.29 is 0 Å². The van der Waals surface area contributed by atoms with E-state index in [9.17, 15) is 0 Å². The molecule has 3 heteroatoms. The summed E-state index contributed by atoms with van der Waals surface area (Å²) < 4.78 is 1.98. The van der Waals surface area contributed by atoms with Gasteiger partial charge in [0.1, 0.15) is 0 Å². The van der Waals surface area contributed by atoms with Crippen LogP contribution in [0.15, 0.2) is 31.1 Å². The highest BCUT2D eigenvalue weighted by atomic mass is 15.3. The molecule has 90 valence electrons. The van der Waals surface area contributed by atoms with Gasteiger partial charge in [-0.2, -0.15) is 5.10 Å². The summed E-state index contributed by atoms with van der Waals surface area (Å²) in [7, 11) is 0. The molecule has 1 heterocycles. The second-order valence-electron chi connectivity index (χ2n) is 4.05. The Balaban J connectivity index is 2.06. The first-order chi connectivity index (χ1) is 7.86. The molecule has 0 saturated carbocycles. The minimum atomic E-state index is 0.635. The van der Waals surface area contributed by atoms with Gasteiger partial charge in [0.25, 0.3) is 0 Å². The molecule has 0 aliphatic carbocycles. The number of rotatable bonds is 9. The summed E-state index contributed by atoms with van der Waals surface area (Å²) in [6.45, 7) is 8.05. The van der Waals surface area contributed by atoms with Crippen LogP contribution in [0.3, 0.4) is 0 Å². The van der Waals surface area contributed by atoms with Gasteiger partial charge in [-0.05, 0) is 38.3 Å². The van der Waals surface area contributed by atoms with E-state index in [-0.39, 0.29) is 0 Å². The Kier molecular flexibility index (Phi) is 6.58. The molecule has 1 unspecified atom stereocenters. The van der Waals surface area contributed by atoms with E-state index >= 15 is 0 Å². The predicted octanol–water partition coefficient (Wildman–Crippen LogP) is 2.61. The van der Waals surface area contributed by atoms with E-state index in [0.29, 0.717) is 6.04 Å². The van der Waals surface area contributed by atoms with E-state index in [4.69, 9.17) is 0 Å². The Morgan fingerprint density at radius 2 is 2.44 bits per heavy atom. The fourth-order valence-corrected chi connectivity index (χ4v) is 1.75. The summed E-state index contributed by atoms with van der Waals surface area (Å²) in [6, 6.07) is 2.60. The maximum absolute atomic E-state index is 4.18. The summed E-state index contributed by atoms with van der Waals surface area (Å²) in [5.74, 6) is 0. The van der Waals surface area contributed by atoms with Crippen LogP contribution >= 0.6 is 0 Å². The zero-order chi connectivity index (χ0) is 11.6. The Morgan fingerprint density at radius 1 is 1.56 bits per heavy atom. The molecule has 1 N–H and O–H groups in total. The summed E-state index contributed by atoms with van der Waals surface area (Å²) in [5, 5.41) is 7.76. The lowest BCUT2D eigenvalue weighted by Gasteiger charge is -2.15. The Bertz CT molecular complexity index is 267. The molecule has 0 aliphatic rings. The first-order valence-electron chi connectivity index (χ1n) is 6.18. The fourth-order valence-electron chi connectivity index (χ4n) is 1.75. The number of allylic oxidation sites excluding steroid dienone is 1. The number of hydrogen-bond donors (Lipinski definition) is 1. The summed E-state index contributed by atoms with van der Waals surface area (Å²) in [5.41, 5.74) is 0. The molecular formula is C13H23N3. The minimum Gasteiger partial charge on any atom is -0.314 e. The third-order valence-corrected chi connectivity index (χ3v) is 2.77. The van der Waals surface area contributed by atoms with Gasteiger partial charge in [0.05, 0.1) is 0 Å². The zero-order valence-corrected chi connectivity index (χ0v) is 10.2. The molecule has 1 rings (SSSR count). The summed E-state index contributed by atoms with van der Waals surface area (Å²) in [6.07, 6.45) is 10.4. The van der Waals surface area contributed by atoms with Gasteiger partial charge in [-0.1, -0.05) is 13.0 Å². The van der Waals surface area contributed by atoms with E-state index in [2.05, 4.69) is 23.9 Å². The first-order valence-corrected chi connectivity index (χ1v) is 6.18. The predicted molar refractivity (Wildman–Crippen MR) is 68.4 cm³/mol. The molecule has 0 radical (unpaired) electrons. The number of nitrogens with zero attached hydrogens (tertiary/aromatic N) is 2. The zero-order valence-electron chi connectivity index (χ0n) is 10.2. The van der Waals surface area contributed by atoms with Crippen LogP contribution in [-0.4, -0.2) is 22.4 Å². The van der Waals surface area contributed by atoms with Gasteiger partial charge < -0.3 is 5.32 Å². The molecule has 0 bridgehead atoms.